The van der Waals surface area contributed by atoms with E-state index in [-0.39, 0.29) is 23.6 Å². The van der Waals surface area contributed by atoms with Gasteiger partial charge >= 0.3 is 0 Å². The van der Waals surface area contributed by atoms with Gasteiger partial charge in [-0.2, -0.15) is 0 Å². The minimum absolute atomic E-state index is 0.0151. The quantitative estimate of drug-likeness (QED) is 0.669. The summed E-state index contributed by atoms with van der Waals surface area (Å²) >= 11 is 0. The van der Waals surface area contributed by atoms with E-state index >= 15 is 0 Å². The Morgan fingerprint density at radius 3 is 2.35 bits per heavy atom. The lowest BCUT2D eigenvalue weighted by Gasteiger charge is -2.34. The van der Waals surface area contributed by atoms with Crippen molar-refractivity contribution in [3.05, 3.63) is 77.9 Å². The number of rotatable bonds is 5. The summed E-state index contributed by atoms with van der Waals surface area (Å²) in [4.78, 5) is 29.1. The SMILES string of the molecule is C[C@H](NC(=O)CN1CCN(C(=O)c2ccc(O)cc2)CC1)c1cccc2ccccc12. The molecule has 2 amide bonds. The molecule has 0 aliphatic carbocycles. The van der Waals surface area contributed by atoms with Crippen molar-refractivity contribution < 1.29 is 14.7 Å². The van der Waals surface area contributed by atoms with Gasteiger partial charge in [-0.15, -0.1) is 0 Å². The molecule has 3 aromatic carbocycles. The first-order valence-electron chi connectivity index (χ1n) is 10.6. The second-order valence-corrected chi connectivity index (χ2v) is 7.97. The maximum absolute atomic E-state index is 12.6. The number of nitrogens with one attached hydrogen (secondary N) is 1. The number of fused-ring (bicyclic) bond motifs is 1. The summed E-state index contributed by atoms with van der Waals surface area (Å²) in [5, 5.41) is 14.8. The smallest absolute Gasteiger partial charge is 0.253 e. The first kappa shape index (κ1) is 20.9. The van der Waals surface area contributed by atoms with Gasteiger partial charge in [-0.1, -0.05) is 42.5 Å². The Hall–Kier alpha value is -3.38. The monoisotopic (exact) mass is 417 g/mol. The molecule has 1 aliphatic heterocycles. The molecule has 0 spiro atoms. The summed E-state index contributed by atoms with van der Waals surface area (Å²) in [6, 6.07) is 20.5. The van der Waals surface area contributed by atoms with E-state index in [1.807, 2.05) is 25.1 Å². The zero-order valence-electron chi connectivity index (χ0n) is 17.6. The fourth-order valence-electron chi connectivity index (χ4n) is 4.09. The fourth-order valence-corrected chi connectivity index (χ4v) is 4.09. The van der Waals surface area contributed by atoms with Crippen molar-refractivity contribution in [2.45, 2.75) is 13.0 Å². The average molecular weight is 418 g/mol. The summed E-state index contributed by atoms with van der Waals surface area (Å²) in [6.07, 6.45) is 0. The van der Waals surface area contributed by atoms with Crippen LogP contribution in [0.25, 0.3) is 10.8 Å². The zero-order chi connectivity index (χ0) is 21.8. The molecule has 1 atom stereocenters. The molecular weight excluding hydrogens is 390 g/mol. The number of phenols is 1. The Labute approximate surface area is 182 Å². The van der Waals surface area contributed by atoms with Crippen molar-refractivity contribution in [2.24, 2.45) is 0 Å². The lowest BCUT2D eigenvalue weighted by molar-refractivity contribution is -0.123. The average Bonchev–Trinajstić information content (AvgIpc) is 2.79. The van der Waals surface area contributed by atoms with Gasteiger partial charge in [-0.05, 0) is 47.5 Å². The molecule has 160 valence electrons. The summed E-state index contributed by atoms with van der Waals surface area (Å²) < 4.78 is 0. The molecule has 1 heterocycles. The van der Waals surface area contributed by atoms with Crippen LogP contribution >= 0.6 is 0 Å². The van der Waals surface area contributed by atoms with Crippen LogP contribution in [0.4, 0.5) is 0 Å². The fraction of sp³-hybridized carbons (Fsp3) is 0.280. The Morgan fingerprint density at radius 1 is 0.935 bits per heavy atom. The van der Waals surface area contributed by atoms with Crippen LogP contribution < -0.4 is 5.32 Å². The minimum Gasteiger partial charge on any atom is -0.508 e. The number of amides is 2. The predicted octanol–water partition coefficient (Wildman–Crippen LogP) is 3.18. The first-order valence-corrected chi connectivity index (χ1v) is 10.6. The summed E-state index contributed by atoms with van der Waals surface area (Å²) in [6.45, 7) is 4.78. The normalized spacial score (nSPS) is 15.6. The van der Waals surface area contributed by atoms with Crippen molar-refractivity contribution in [2.75, 3.05) is 32.7 Å². The molecule has 0 unspecified atom stereocenters. The van der Waals surface area contributed by atoms with Gasteiger partial charge in [0.25, 0.3) is 5.91 Å². The Bertz CT molecular complexity index is 1070. The maximum atomic E-state index is 12.6. The van der Waals surface area contributed by atoms with E-state index < -0.39 is 0 Å². The zero-order valence-corrected chi connectivity index (χ0v) is 17.6. The summed E-state index contributed by atoms with van der Waals surface area (Å²) in [5.41, 5.74) is 1.67. The highest BCUT2D eigenvalue weighted by Gasteiger charge is 2.24. The van der Waals surface area contributed by atoms with Crippen LogP contribution in [-0.4, -0.2) is 59.4 Å². The van der Waals surface area contributed by atoms with Gasteiger partial charge in [-0.25, -0.2) is 0 Å². The standard InChI is InChI=1S/C25H27N3O3/c1-18(22-8-4-6-19-5-2-3-7-23(19)22)26-24(30)17-27-13-15-28(16-14-27)25(31)20-9-11-21(29)12-10-20/h2-12,18,29H,13-17H2,1H3,(H,26,30)/t18-/m0/s1. The highest BCUT2D eigenvalue weighted by atomic mass is 16.3. The molecule has 6 heteroatoms. The molecule has 31 heavy (non-hydrogen) atoms. The van der Waals surface area contributed by atoms with Crippen LogP contribution in [0.5, 0.6) is 5.75 Å². The molecule has 0 bridgehead atoms. The van der Waals surface area contributed by atoms with Crippen LogP contribution in [0.1, 0.15) is 28.9 Å². The number of carbonyl (C=O) groups is 2. The van der Waals surface area contributed by atoms with Crippen molar-refractivity contribution in [3.63, 3.8) is 0 Å². The highest BCUT2D eigenvalue weighted by Crippen LogP contribution is 2.24. The third kappa shape index (κ3) is 4.86. The maximum Gasteiger partial charge on any atom is 0.253 e. The van der Waals surface area contributed by atoms with Crippen molar-refractivity contribution in [3.8, 4) is 5.75 Å². The van der Waals surface area contributed by atoms with Gasteiger partial charge < -0.3 is 15.3 Å². The molecule has 3 aromatic rings. The summed E-state index contributed by atoms with van der Waals surface area (Å²) in [7, 11) is 0. The van der Waals surface area contributed by atoms with Crippen molar-refractivity contribution >= 4 is 22.6 Å². The topological polar surface area (TPSA) is 72.9 Å². The number of carbonyl (C=O) groups excluding carboxylic acids is 2. The largest absolute Gasteiger partial charge is 0.508 e. The van der Waals surface area contributed by atoms with E-state index in [9.17, 15) is 14.7 Å². The van der Waals surface area contributed by atoms with Gasteiger partial charge in [-0.3, -0.25) is 14.5 Å². The van der Waals surface area contributed by atoms with E-state index in [4.69, 9.17) is 0 Å². The van der Waals surface area contributed by atoms with E-state index in [1.54, 1.807) is 17.0 Å². The van der Waals surface area contributed by atoms with Crippen LogP contribution in [0, 0.1) is 0 Å². The van der Waals surface area contributed by atoms with Gasteiger partial charge in [0.05, 0.1) is 12.6 Å². The lowest BCUT2D eigenvalue weighted by atomic mass is 10.00. The van der Waals surface area contributed by atoms with Gasteiger partial charge in [0, 0.05) is 31.7 Å². The summed E-state index contributed by atoms with van der Waals surface area (Å²) in [5.74, 6) is 0.0811. The molecule has 2 N–H and O–H groups in total. The van der Waals surface area contributed by atoms with Gasteiger partial charge in [0.2, 0.25) is 5.91 Å². The number of nitrogens with zero attached hydrogens (tertiary/aromatic N) is 2. The van der Waals surface area contributed by atoms with Crippen molar-refractivity contribution in [1.29, 1.82) is 0 Å². The predicted molar refractivity (Wildman–Crippen MR) is 121 cm³/mol. The van der Waals surface area contributed by atoms with Crippen LogP contribution in [0.3, 0.4) is 0 Å². The molecule has 0 radical (unpaired) electrons. The Kier molecular flexibility index (Phi) is 6.18. The molecule has 1 saturated heterocycles. The molecular formula is C25H27N3O3. The number of benzene rings is 3. The third-order valence-electron chi connectivity index (χ3n) is 5.81. The number of aromatic hydroxyl groups is 1. The lowest BCUT2D eigenvalue weighted by Crippen LogP contribution is -2.51. The van der Waals surface area contributed by atoms with E-state index in [0.29, 0.717) is 38.3 Å². The van der Waals surface area contributed by atoms with Crippen LogP contribution in [-0.2, 0) is 4.79 Å². The van der Waals surface area contributed by atoms with Gasteiger partial charge in [0.15, 0.2) is 0 Å². The molecule has 6 nitrogen and oxygen atoms in total. The van der Waals surface area contributed by atoms with E-state index in [0.717, 1.165) is 16.3 Å². The second-order valence-electron chi connectivity index (χ2n) is 7.97. The molecule has 0 saturated carbocycles. The van der Waals surface area contributed by atoms with E-state index in [2.05, 4.69) is 34.5 Å². The van der Waals surface area contributed by atoms with Crippen LogP contribution in [0.15, 0.2) is 66.7 Å². The third-order valence-corrected chi connectivity index (χ3v) is 5.81. The van der Waals surface area contributed by atoms with E-state index in [1.165, 1.54) is 12.1 Å². The molecule has 0 aromatic heterocycles. The molecule has 4 rings (SSSR count). The second kappa shape index (κ2) is 9.18. The number of hydrogen-bond donors (Lipinski definition) is 2. The first-order chi connectivity index (χ1) is 15.0. The molecule has 1 aliphatic rings. The number of phenolic OH excluding ortho intramolecular Hbond substituents is 1. The highest BCUT2D eigenvalue weighted by molar-refractivity contribution is 5.94. The van der Waals surface area contributed by atoms with Crippen LogP contribution in [0.2, 0.25) is 0 Å². The van der Waals surface area contributed by atoms with Crippen molar-refractivity contribution in [1.82, 2.24) is 15.1 Å². The Balaban J connectivity index is 1.30. The number of piperazine rings is 1. The minimum atomic E-state index is -0.0871. The number of hydrogen-bond acceptors (Lipinski definition) is 4. The molecule has 1 fully saturated rings. The Morgan fingerprint density at radius 2 is 1.61 bits per heavy atom. The van der Waals surface area contributed by atoms with Gasteiger partial charge in [0.1, 0.15) is 5.75 Å².